The number of aryl methyl sites for hydroxylation is 1. The lowest BCUT2D eigenvalue weighted by atomic mass is 9.85. The summed E-state index contributed by atoms with van der Waals surface area (Å²) in [7, 11) is -1.79. The van der Waals surface area contributed by atoms with Gasteiger partial charge in [-0.3, -0.25) is 4.79 Å². The number of morpholine rings is 1. The van der Waals surface area contributed by atoms with Gasteiger partial charge in [0.15, 0.2) is 0 Å². The quantitative estimate of drug-likeness (QED) is 0.723. The molecule has 1 N–H and O–H groups in total. The Morgan fingerprint density at radius 2 is 1.82 bits per heavy atom. The zero-order chi connectivity index (χ0) is 23.2. The Morgan fingerprint density at radius 1 is 1.12 bits per heavy atom. The SMILES string of the molecule is Cn1c(C2CC2)c(C#N)c2ccc(S(=O)(=O)N[C@H]3CC[C@H](C(=O)N4CCOCC4)CC3)cc21. The van der Waals surface area contributed by atoms with Crippen LogP contribution in [0.3, 0.4) is 0 Å². The first kappa shape index (κ1) is 22.4. The number of nitriles is 1. The number of carbonyl (C=O) groups excluding carboxylic acids is 1. The molecular formula is C24H30N4O4S. The van der Waals surface area contributed by atoms with Gasteiger partial charge in [0.05, 0.1) is 29.2 Å². The molecule has 0 atom stereocenters. The molecule has 5 rings (SSSR count). The maximum atomic E-state index is 13.2. The molecule has 33 heavy (non-hydrogen) atoms. The molecular weight excluding hydrogens is 440 g/mol. The van der Waals surface area contributed by atoms with Crippen LogP contribution >= 0.6 is 0 Å². The summed E-state index contributed by atoms with van der Waals surface area (Å²) in [5.41, 5.74) is 2.45. The Balaban J connectivity index is 1.28. The van der Waals surface area contributed by atoms with Gasteiger partial charge in [0.1, 0.15) is 6.07 Å². The standard InChI is InChI=1S/C24H30N4O4S/c1-27-22-14-19(8-9-20(22)21(15-25)23(27)16-2-3-16)33(30,31)26-18-6-4-17(5-7-18)24(29)28-10-12-32-13-11-28/h8-9,14,16-18,26H,2-7,10-13H2,1H3/t17-,18-. The number of amides is 1. The zero-order valence-electron chi connectivity index (χ0n) is 18.9. The molecule has 9 heteroatoms. The van der Waals surface area contributed by atoms with E-state index >= 15 is 0 Å². The van der Waals surface area contributed by atoms with Crippen molar-refractivity contribution in [3.05, 3.63) is 29.5 Å². The highest BCUT2D eigenvalue weighted by molar-refractivity contribution is 7.89. The highest BCUT2D eigenvalue weighted by Crippen LogP contribution is 2.44. The molecule has 0 unspecified atom stereocenters. The van der Waals surface area contributed by atoms with Crippen LogP contribution in [0.1, 0.15) is 55.7 Å². The Morgan fingerprint density at radius 3 is 2.45 bits per heavy atom. The van der Waals surface area contributed by atoms with Crippen LogP contribution in [-0.4, -0.2) is 56.1 Å². The molecule has 2 aliphatic carbocycles. The van der Waals surface area contributed by atoms with E-state index in [0.717, 1.165) is 29.4 Å². The van der Waals surface area contributed by atoms with Crippen LogP contribution in [0.5, 0.6) is 0 Å². The fraction of sp³-hybridized carbons (Fsp3) is 0.583. The number of ether oxygens (including phenoxy) is 1. The molecule has 3 fully saturated rings. The summed E-state index contributed by atoms with van der Waals surface area (Å²) < 4.78 is 36.5. The summed E-state index contributed by atoms with van der Waals surface area (Å²) in [6.07, 6.45) is 4.82. The molecule has 176 valence electrons. The molecule has 2 aromatic rings. The number of rotatable bonds is 5. The fourth-order valence-corrected chi connectivity index (χ4v) is 6.67. The van der Waals surface area contributed by atoms with Crippen LogP contribution in [0.4, 0.5) is 0 Å². The molecule has 1 aromatic carbocycles. The normalized spacial score (nSPS) is 24.1. The highest BCUT2D eigenvalue weighted by atomic mass is 32.2. The topological polar surface area (TPSA) is 104 Å². The van der Waals surface area contributed by atoms with Gasteiger partial charge in [-0.1, -0.05) is 6.07 Å². The van der Waals surface area contributed by atoms with Crippen LogP contribution in [-0.2, 0) is 26.6 Å². The van der Waals surface area contributed by atoms with Crippen molar-refractivity contribution in [2.75, 3.05) is 26.3 Å². The van der Waals surface area contributed by atoms with E-state index in [-0.39, 0.29) is 22.8 Å². The Labute approximate surface area is 194 Å². The van der Waals surface area contributed by atoms with E-state index in [0.29, 0.717) is 63.5 Å². The third-order valence-electron chi connectivity index (χ3n) is 7.32. The van der Waals surface area contributed by atoms with Gasteiger partial charge in [-0.25, -0.2) is 13.1 Å². The first-order chi connectivity index (χ1) is 15.9. The second kappa shape index (κ2) is 8.75. The first-order valence-electron chi connectivity index (χ1n) is 11.8. The maximum Gasteiger partial charge on any atom is 0.240 e. The van der Waals surface area contributed by atoms with Gasteiger partial charge in [-0.15, -0.1) is 0 Å². The van der Waals surface area contributed by atoms with Crippen molar-refractivity contribution in [1.29, 1.82) is 5.26 Å². The van der Waals surface area contributed by atoms with Crippen molar-refractivity contribution in [3.63, 3.8) is 0 Å². The minimum Gasteiger partial charge on any atom is -0.378 e. The van der Waals surface area contributed by atoms with E-state index in [9.17, 15) is 18.5 Å². The minimum absolute atomic E-state index is 0.0335. The third-order valence-corrected chi connectivity index (χ3v) is 8.84. The maximum absolute atomic E-state index is 13.2. The molecule has 0 radical (unpaired) electrons. The van der Waals surface area contributed by atoms with Crippen molar-refractivity contribution in [1.82, 2.24) is 14.2 Å². The van der Waals surface area contributed by atoms with Crippen molar-refractivity contribution in [2.45, 2.75) is 55.4 Å². The Hall–Kier alpha value is -2.41. The lowest BCUT2D eigenvalue weighted by molar-refractivity contribution is -0.140. The summed E-state index contributed by atoms with van der Waals surface area (Å²) in [5.74, 6) is 0.535. The summed E-state index contributed by atoms with van der Waals surface area (Å²) in [5, 5.41) is 10.5. The molecule has 1 amide bonds. The van der Waals surface area contributed by atoms with Gasteiger partial charge in [0, 0.05) is 49.1 Å². The summed E-state index contributed by atoms with van der Waals surface area (Å²) in [6, 6.07) is 7.17. The van der Waals surface area contributed by atoms with Crippen LogP contribution in [0.2, 0.25) is 0 Å². The van der Waals surface area contributed by atoms with Crippen LogP contribution in [0.15, 0.2) is 23.1 Å². The van der Waals surface area contributed by atoms with Crippen molar-refractivity contribution in [2.24, 2.45) is 13.0 Å². The van der Waals surface area contributed by atoms with Crippen LogP contribution < -0.4 is 4.72 Å². The van der Waals surface area contributed by atoms with Crippen molar-refractivity contribution < 1.29 is 17.9 Å². The Bertz CT molecular complexity index is 1210. The largest absolute Gasteiger partial charge is 0.378 e. The predicted molar refractivity (Wildman–Crippen MR) is 123 cm³/mol. The van der Waals surface area contributed by atoms with Gasteiger partial charge < -0.3 is 14.2 Å². The van der Waals surface area contributed by atoms with E-state index in [4.69, 9.17) is 4.74 Å². The summed E-state index contributed by atoms with van der Waals surface area (Å²) in [4.78, 5) is 14.8. The monoisotopic (exact) mass is 470 g/mol. The average Bonchev–Trinajstić information content (AvgIpc) is 3.63. The fourth-order valence-electron chi connectivity index (χ4n) is 5.34. The Kier molecular flexibility index (Phi) is 5.93. The number of fused-ring (bicyclic) bond motifs is 1. The lowest BCUT2D eigenvalue weighted by Crippen LogP contribution is -2.46. The number of nitrogens with zero attached hydrogens (tertiary/aromatic N) is 3. The van der Waals surface area contributed by atoms with Crippen molar-refractivity contribution >= 4 is 26.8 Å². The van der Waals surface area contributed by atoms with Gasteiger partial charge in [-0.05, 0) is 50.7 Å². The molecule has 1 saturated heterocycles. The minimum atomic E-state index is -3.70. The van der Waals surface area contributed by atoms with E-state index in [1.807, 2.05) is 16.5 Å². The van der Waals surface area contributed by atoms with Crippen LogP contribution in [0, 0.1) is 17.2 Å². The number of benzene rings is 1. The molecule has 0 bridgehead atoms. The van der Waals surface area contributed by atoms with Gasteiger partial charge in [0.2, 0.25) is 15.9 Å². The van der Waals surface area contributed by atoms with E-state index < -0.39 is 10.0 Å². The smallest absolute Gasteiger partial charge is 0.240 e. The van der Waals surface area contributed by atoms with E-state index in [1.165, 1.54) is 0 Å². The third kappa shape index (κ3) is 4.27. The zero-order valence-corrected chi connectivity index (χ0v) is 19.7. The summed E-state index contributed by atoms with van der Waals surface area (Å²) in [6.45, 7) is 2.46. The van der Waals surface area contributed by atoms with Gasteiger partial charge in [0.25, 0.3) is 0 Å². The first-order valence-corrected chi connectivity index (χ1v) is 13.3. The molecule has 1 aromatic heterocycles. The van der Waals surface area contributed by atoms with E-state index in [2.05, 4.69) is 10.8 Å². The average molecular weight is 471 g/mol. The number of hydrogen-bond acceptors (Lipinski definition) is 5. The second-order valence-electron chi connectivity index (χ2n) is 9.49. The molecule has 2 heterocycles. The number of nitrogens with one attached hydrogen (secondary N) is 1. The molecule has 0 spiro atoms. The number of carbonyl (C=O) groups is 1. The molecule has 8 nitrogen and oxygen atoms in total. The highest BCUT2D eigenvalue weighted by Gasteiger charge is 2.33. The lowest BCUT2D eigenvalue weighted by Gasteiger charge is -2.34. The molecule has 3 aliphatic rings. The van der Waals surface area contributed by atoms with E-state index in [1.54, 1.807) is 18.2 Å². The number of aromatic nitrogens is 1. The molecule has 1 aliphatic heterocycles. The van der Waals surface area contributed by atoms with Crippen molar-refractivity contribution in [3.8, 4) is 6.07 Å². The number of hydrogen-bond donors (Lipinski definition) is 1. The number of sulfonamides is 1. The summed E-state index contributed by atoms with van der Waals surface area (Å²) >= 11 is 0. The predicted octanol–water partition coefficient (Wildman–Crippen LogP) is 2.62. The second-order valence-corrected chi connectivity index (χ2v) is 11.2. The van der Waals surface area contributed by atoms with Crippen LogP contribution in [0.25, 0.3) is 10.9 Å². The molecule has 2 saturated carbocycles. The van der Waals surface area contributed by atoms with Gasteiger partial charge >= 0.3 is 0 Å². The van der Waals surface area contributed by atoms with Gasteiger partial charge in [-0.2, -0.15) is 5.26 Å².